The molecule has 0 radical (unpaired) electrons. The average molecular weight is 230 g/mol. The molecule has 0 unspecified atom stereocenters. The van der Waals surface area contributed by atoms with E-state index in [0.29, 0.717) is 6.54 Å². The summed E-state index contributed by atoms with van der Waals surface area (Å²) in [7, 11) is 0. The largest absolute Gasteiger partial charge is 0.481 e. The Balaban J connectivity index is 2.31. The Labute approximate surface area is 99.5 Å². The Bertz CT molecular complexity index is 517. The fourth-order valence-electron chi connectivity index (χ4n) is 1.76. The molecular formula is C13H14N2O2. The summed E-state index contributed by atoms with van der Waals surface area (Å²) in [5.41, 5.74) is 2.91. The second-order valence-corrected chi connectivity index (χ2v) is 3.90. The number of aliphatic carboxylic acids is 1. The van der Waals surface area contributed by atoms with Crippen LogP contribution in [-0.2, 0) is 11.3 Å². The van der Waals surface area contributed by atoms with Crippen LogP contribution in [0.2, 0.25) is 0 Å². The lowest BCUT2D eigenvalue weighted by molar-refractivity contribution is -0.137. The Morgan fingerprint density at radius 2 is 2.06 bits per heavy atom. The summed E-state index contributed by atoms with van der Waals surface area (Å²) in [6.45, 7) is 2.30. The first-order chi connectivity index (χ1) is 8.16. The Morgan fingerprint density at radius 3 is 2.71 bits per heavy atom. The monoisotopic (exact) mass is 230 g/mol. The summed E-state index contributed by atoms with van der Waals surface area (Å²) in [6, 6.07) is 11.8. The molecule has 4 nitrogen and oxygen atoms in total. The molecular weight excluding hydrogens is 216 g/mol. The lowest BCUT2D eigenvalue weighted by Gasteiger charge is -2.05. The van der Waals surface area contributed by atoms with Crippen molar-refractivity contribution < 1.29 is 9.90 Å². The molecule has 17 heavy (non-hydrogen) atoms. The zero-order chi connectivity index (χ0) is 12.3. The highest BCUT2D eigenvalue weighted by atomic mass is 16.4. The molecule has 88 valence electrons. The van der Waals surface area contributed by atoms with E-state index < -0.39 is 5.97 Å². The van der Waals surface area contributed by atoms with Crippen LogP contribution in [0.15, 0.2) is 36.4 Å². The second-order valence-electron chi connectivity index (χ2n) is 3.90. The molecule has 1 aromatic carbocycles. The van der Waals surface area contributed by atoms with E-state index in [9.17, 15) is 4.79 Å². The molecule has 0 fully saturated rings. The van der Waals surface area contributed by atoms with Crippen LogP contribution in [0, 0.1) is 6.92 Å². The number of carbonyl (C=O) groups is 1. The molecule has 0 saturated heterocycles. The summed E-state index contributed by atoms with van der Waals surface area (Å²) in [6.07, 6.45) is 0.0843. The van der Waals surface area contributed by atoms with Gasteiger partial charge in [-0.15, -0.1) is 0 Å². The van der Waals surface area contributed by atoms with Gasteiger partial charge in [0.15, 0.2) is 0 Å². The van der Waals surface area contributed by atoms with Gasteiger partial charge >= 0.3 is 5.97 Å². The molecule has 0 aliphatic rings. The molecule has 1 heterocycles. The Hall–Kier alpha value is -2.10. The molecule has 0 atom stereocenters. The maximum Gasteiger partial charge on any atom is 0.305 e. The number of carboxylic acid groups (broad SMARTS) is 1. The van der Waals surface area contributed by atoms with Gasteiger partial charge in [0.25, 0.3) is 0 Å². The van der Waals surface area contributed by atoms with Gasteiger partial charge in [-0.3, -0.25) is 9.48 Å². The number of aromatic nitrogens is 2. The van der Waals surface area contributed by atoms with Crippen LogP contribution < -0.4 is 0 Å². The quantitative estimate of drug-likeness (QED) is 0.877. The minimum atomic E-state index is -0.808. The molecule has 0 amide bonds. The first-order valence-electron chi connectivity index (χ1n) is 5.48. The van der Waals surface area contributed by atoms with Gasteiger partial charge in [0.1, 0.15) is 0 Å². The second kappa shape index (κ2) is 4.82. The van der Waals surface area contributed by atoms with Gasteiger partial charge in [-0.05, 0) is 18.6 Å². The van der Waals surface area contributed by atoms with E-state index in [1.54, 1.807) is 4.68 Å². The maximum atomic E-state index is 10.6. The Morgan fingerprint density at radius 1 is 1.35 bits per heavy atom. The van der Waals surface area contributed by atoms with Gasteiger partial charge in [0.2, 0.25) is 0 Å². The van der Waals surface area contributed by atoms with Crippen LogP contribution in [0.3, 0.4) is 0 Å². The molecule has 2 aromatic rings. The minimum absolute atomic E-state index is 0.0843. The third-order valence-electron chi connectivity index (χ3n) is 2.51. The normalized spacial score (nSPS) is 10.4. The van der Waals surface area contributed by atoms with E-state index in [2.05, 4.69) is 5.10 Å². The number of hydrogen-bond donors (Lipinski definition) is 1. The van der Waals surface area contributed by atoms with Crippen LogP contribution in [0.1, 0.15) is 12.1 Å². The molecule has 4 heteroatoms. The van der Waals surface area contributed by atoms with E-state index in [0.717, 1.165) is 17.0 Å². The van der Waals surface area contributed by atoms with E-state index in [1.807, 2.05) is 43.3 Å². The van der Waals surface area contributed by atoms with E-state index >= 15 is 0 Å². The smallest absolute Gasteiger partial charge is 0.305 e. The van der Waals surface area contributed by atoms with Crippen LogP contribution in [0.25, 0.3) is 11.3 Å². The van der Waals surface area contributed by atoms with Gasteiger partial charge < -0.3 is 5.11 Å². The standard InChI is InChI=1S/C13H14N2O2/c1-10-9-12(11-5-3-2-4-6-11)15(14-10)8-7-13(16)17/h2-6,9H,7-8H2,1H3,(H,16,17). The minimum Gasteiger partial charge on any atom is -0.481 e. The third kappa shape index (κ3) is 2.72. The Kier molecular flexibility index (Phi) is 3.23. The van der Waals surface area contributed by atoms with Crippen molar-refractivity contribution in [3.8, 4) is 11.3 Å². The van der Waals surface area contributed by atoms with Crippen LogP contribution >= 0.6 is 0 Å². The predicted octanol–water partition coefficient (Wildman–Crippen LogP) is 2.33. The molecule has 1 N–H and O–H groups in total. The van der Waals surface area contributed by atoms with Crippen molar-refractivity contribution in [3.05, 3.63) is 42.1 Å². The van der Waals surface area contributed by atoms with E-state index in [4.69, 9.17) is 5.11 Å². The fraction of sp³-hybridized carbons (Fsp3) is 0.231. The van der Waals surface area contributed by atoms with Crippen molar-refractivity contribution in [1.29, 1.82) is 0 Å². The summed E-state index contributed by atoms with van der Waals surface area (Å²) in [5.74, 6) is -0.808. The maximum absolute atomic E-state index is 10.6. The topological polar surface area (TPSA) is 55.1 Å². The lowest BCUT2D eigenvalue weighted by Crippen LogP contribution is -2.07. The molecule has 0 saturated carbocycles. The zero-order valence-corrected chi connectivity index (χ0v) is 9.63. The van der Waals surface area contributed by atoms with Gasteiger partial charge in [0, 0.05) is 0 Å². The van der Waals surface area contributed by atoms with Crippen molar-refractivity contribution in [2.45, 2.75) is 19.9 Å². The van der Waals surface area contributed by atoms with Crippen LogP contribution in [-0.4, -0.2) is 20.9 Å². The molecule has 0 aliphatic heterocycles. The number of benzene rings is 1. The van der Waals surface area contributed by atoms with E-state index in [-0.39, 0.29) is 6.42 Å². The van der Waals surface area contributed by atoms with Crippen molar-refractivity contribution in [3.63, 3.8) is 0 Å². The number of nitrogens with zero attached hydrogens (tertiary/aromatic N) is 2. The highest BCUT2D eigenvalue weighted by Crippen LogP contribution is 2.20. The number of aryl methyl sites for hydroxylation is 2. The summed E-state index contributed by atoms with van der Waals surface area (Å²) < 4.78 is 1.75. The zero-order valence-electron chi connectivity index (χ0n) is 9.63. The van der Waals surface area contributed by atoms with Crippen molar-refractivity contribution >= 4 is 5.97 Å². The SMILES string of the molecule is Cc1cc(-c2ccccc2)n(CCC(=O)O)n1. The third-order valence-corrected chi connectivity index (χ3v) is 2.51. The fourth-order valence-corrected chi connectivity index (χ4v) is 1.76. The molecule has 0 spiro atoms. The van der Waals surface area contributed by atoms with Gasteiger partial charge in [0.05, 0.1) is 24.4 Å². The highest BCUT2D eigenvalue weighted by molar-refractivity contribution is 5.67. The first kappa shape index (κ1) is 11.4. The molecule has 1 aromatic heterocycles. The first-order valence-corrected chi connectivity index (χ1v) is 5.48. The summed E-state index contributed by atoms with van der Waals surface area (Å²) >= 11 is 0. The van der Waals surface area contributed by atoms with Crippen molar-refractivity contribution in [2.75, 3.05) is 0 Å². The molecule has 2 rings (SSSR count). The van der Waals surface area contributed by atoms with Gasteiger partial charge in [-0.2, -0.15) is 5.10 Å². The highest BCUT2D eigenvalue weighted by Gasteiger charge is 2.08. The molecule has 0 aliphatic carbocycles. The van der Waals surface area contributed by atoms with Gasteiger partial charge in [-0.1, -0.05) is 30.3 Å². The number of hydrogen-bond acceptors (Lipinski definition) is 2. The van der Waals surface area contributed by atoms with Gasteiger partial charge in [-0.25, -0.2) is 0 Å². The van der Waals surface area contributed by atoms with Crippen molar-refractivity contribution in [2.24, 2.45) is 0 Å². The number of rotatable bonds is 4. The average Bonchev–Trinajstić information content (AvgIpc) is 2.69. The predicted molar refractivity (Wildman–Crippen MR) is 64.7 cm³/mol. The lowest BCUT2D eigenvalue weighted by atomic mass is 10.1. The number of carboxylic acids is 1. The van der Waals surface area contributed by atoms with Crippen molar-refractivity contribution in [1.82, 2.24) is 9.78 Å². The van der Waals surface area contributed by atoms with Crippen LogP contribution in [0.5, 0.6) is 0 Å². The van der Waals surface area contributed by atoms with E-state index in [1.165, 1.54) is 0 Å². The molecule has 0 bridgehead atoms. The summed E-state index contributed by atoms with van der Waals surface area (Å²) in [4.78, 5) is 10.6. The van der Waals surface area contributed by atoms with Crippen LogP contribution in [0.4, 0.5) is 0 Å². The summed E-state index contributed by atoms with van der Waals surface area (Å²) in [5, 5.41) is 13.0.